The molecule has 0 aliphatic carbocycles. The fourth-order valence-electron chi connectivity index (χ4n) is 2.13. The van der Waals surface area contributed by atoms with Crippen LogP contribution in [-0.4, -0.2) is 49.5 Å². The van der Waals surface area contributed by atoms with Crippen molar-refractivity contribution in [2.45, 2.75) is 23.8 Å². The number of sulfonamides is 1. The number of rotatable bonds is 4. The van der Waals surface area contributed by atoms with E-state index in [9.17, 15) is 18.0 Å². The van der Waals surface area contributed by atoms with Crippen molar-refractivity contribution in [2.24, 2.45) is 0 Å². The van der Waals surface area contributed by atoms with E-state index in [1.54, 1.807) is 0 Å². The van der Waals surface area contributed by atoms with Crippen LogP contribution in [0.25, 0.3) is 0 Å². The monoisotopic (exact) mass is 397 g/mol. The van der Waals surface area contributed by atoms with E-state index < -0.39 is 28.0 Å². The zero-order chi connectivity index (χ0) is 15.8. The third-order valence-corrected chi connectivity index (χ3v) is 7.26. The number of halogens is 1. The molecule has 2 rings (SSSR count). The van der Waals surface area contributed by atoms with Gasteiger partial charge in [0.15, 0.2) is 0 Å². The largest absolute Gasteiger partial charge is 0.480 e. The Kier molecular flexibility index (Phi) is 4.71. The number of carboxylic acids is 1. The summed E-state index contributed by atoms with van der Waals surface area (Å²) >= 11 is 4.04. The molecule has 0 unspecified atom stereocenters. The molecular formula is C11H12BrNO6S2. The van der Waals surface area contributed by atoms with Crippen LogP contribution in [-0.2, 0) is 19.6 Å². The highest BCUT2D eigenvalue weighted by molar-refractivity contribution is 9.11. The lowest BCUT2D eigenvalue weighted by atomic mass is 10.2. The molecule has 1 atom stereocenters. The average molecular weight is 398 g/mol. The number of aliphatic carboxylic acids is 1. The van der Waals surface area contributed by atoms with Crippen molar-refractivity contribution in [2.75, 3.05) is 13.7 Å². The smallest absolute Gasteiger partial charge is 0.348 e. The Balaban J connectivity index is 2.42. The van der Waals surface area contributed by atoms with Crippen molar-refractivity contribution in [3.8, 4) is 0 Å². The predicted octanol–water partition coefficient (Wildman–Crippen LogP) is 1.53. The maximum Gasteiger partial charge on any atom is 0.348 e. The third-order valence-electron chi connectivity index (χ3n) is 3.12. The number of nitrogens with zero attached hydrogens (tertiary/aromatic N) is 1. The molecule has 0 aromatic carbocycles. The van der Waals surface area contributed by atoms with Crippen LogP contribution in [0.5, 0.6) is 0 Å². The van der Waals surface area contributed by atoms with E-state index in [0.717, 1.165) is 15.6 Å². The highest BCUT2D eigenvalue weighted by Crippen LogP contribution is 2.36. The number of esters is 1. The quantitative estimate of drug-likeness (QED) is 0.773. The van der Waals surface area contributed by atoms with Crippen LogP contribution < -0.4 is 0 Å². The summed E-state index contributed by atoms with van der Waals surface area (Å²) in [5.74, 6) is -1.81. The van der Waals surface area contributed by atoms with Gasteiger partial charge in [0.25, 0.3) is 0 Å². The second kappa shape index (κ2) is 6.03. The Morgan fingerprint density at radius 1 is 1.52 bits per heavy atom. The fraction of sp³-hybridized carbons (Fsp3) is 0.455. The molecular weight excluding hydrogens is 386 g/mol. The number of carboxylic acid groups (broad SMARTS) is 1. The van der Waals surface area contributed by atoms with Gasteiger partial charge in [-0.25, -0.2) is 13.2 Å². The van der Waals surface area contributed by atoms with Crippen molar-refractivity contribution < 1.29 is 27.9 Å². The van der Waals surface area contributed by atoms with Crippen LogP contribution in [0.3, 0.4) is 0 Å². The molecule has 0 radical (unpaired) electrons. The summed E-state index contributed by atoms with van der Waals surface area (Å²) in [6.07, 6.45) is 0.766. The van der Waals surface area contributed by atoms with Gasteiger partial charge in [-0.2, -0.15) is 4.31 Å². The van der Waals surface area contributed by atoms with Gasteiger partial charge in [0.05, 0.1) is 10.9 Å². The summed E-state index contributed by atoms with van der Waals surface area (Å²) in [6.45, 7) is 0.148. The van der Waals surface area contributed by atoms with Crippen LogP contribution in [0.2, 0.25) is 0 Å². The Bertz CT molecular complexity index is 683. The van der Waals surface area contributed by atoms with Gasteiger partial charge in [-0.3, -0.25) is 4.79 Å². The Hall–Kier alpha value is -0.970. The van der Waals surface area contributed by atoms with E-state index in [2.05, 4.69) is 20.7 Å². The molecule has 0 bridgehead atoms. The van der Waals surface area contributed by atoms with E-state index in [1.807, 2.05) is 0 Å². The van der Waals surface area contributed by atoms with Gasteiger partial charge in [0, 0.05) is 6.54 Å². The molecule has 1 saturated heterocycles. The second-order valence-corrected chi connectivity index (χ2v) is 8.58. The Morgan fingerprint density at radius 3 is 2.76 bits per heavy atom. The van der Waals surface area contributed by atoms with Crippen molar-refractivity contribution >= 4 is 49.2 Å². The lowest BCUT2D eigenvalue weighted by molar-refractivity contribution is -0.140. The summed E-state index contributed by atoms with van der Waals surface area (Å²) in [5.41, 5.74) is 0. The van der Waals surface area contributed by atoms with Gasteiger partial charge in [-0.1, -0.05) is 0 Å². The minimum absolute atomic E-state index is 0.110. The molecule has 1 aromatic heterocycles. The van der Waals surface area contributed by atoms with E-state index in [0.29, 0.717) is 6.42 Å². The molecule has 21 heavy (non-hydrogen) atoms. The van der Waals surface area contributed by atoms with Crippen molar-refractivity contribution in [1.82, 2.24) is 4.31 Å². The van der Waals surface area contributed by atoms with Gasteiger partial charge < -0.3 is 9.84 Å². The molecule has 116 valence electrons. The van der Waals surface area contributed by atoms with Gasteiger partial charge in [0.1, 0.15) is 15.8 Å². The van der Waals surface area contributed by atoms with Crippen LogP contribution in [0.4, 0.5) is 0 Å². The van der Waals surface area contributed by atoms with Gasteiger partial charge in [0.2, 0.25) is 10.0 Å². The number of hydrogen-bond donors (Lipinski definition) is 1. The first-order chi connectivity index (χ1) is 9.78. The standard InChI is InChI=1S/C11H12BrNO6S2/c1-19-11(16)7-5-8(9(12)20-7)21(17,18)13-4-2-3-6(13)10(14)15/h5-6H,2-4H2,1H3,(H,14,15)/t6-/m0/s1. The molecule has 0 saturated carbocycles. The maximum absolute atomic E-state index is 12.6. The highest BCUT2D eigenvalue weighted by Gasteiger charge is 2.41. The van der Waals surface area contributed by atoms with Crippen LogP contribution in [0, 0.1) is 0 Å². The normalized spacial score (nSPS) is 19.6. The molecule has 10 heteroatoms. The molecule has 1 N–H and O–H groups in total. The number of methoxy groups -OCH3 is 1. The van der Waals surface area contributed by atoms with E-state index in [-0.39, 0.29) is 26.5 Å². The number of ether oxygens (including phenoxy) is 1. The first-order valence-electron chi connectivity index (χ1n) is 5.91. The molecule has 1 fully saturated rings. The third kappa shape index (κ3) is 2.98. The predicted molar refractivity (Wildman–Crippen MR) is 77.9 cm³/mol. The Labute approximate surface area is 133 Å². The highest BCUT2D eigenvalue weighted by atomic mass is 79.9. The van der Waals surface area contributed by atoms with Crippen LogP contribution in [0.1, 0.15) is 22.5 Å². The van der Waals surface area contributed by atoms with Crippen molar-refractivity contribution in [1.29, 1.82) is 0 Å². The SMILES string of the molecule is COC(=O)c1cc(S(=O)(=O)N2CCC[C@H]2C(=O)O)c(Br)s1. The van der Waals surface area contributed by atoms with Crippen LogP contribution in [0.15, 0.2) is 14.7 Å². The Morgan fingerprint density at radius 2 is 2.19 bits per heavy atom. The van der Waals surface area contributed by atoms with Gasteiger partial charge in [-0.05, 0) is 34.8 Å². The van der Waals surface area contributed by atoms with E-state index in [4.69, 9.17) is 5.11 Å². The van der Waals surface area contributed by atoms with Gasteiger partial charge >= 0.3 is 11.9 Å². The topological polar surface area (TPSA) is 101 Å². The van der Waals surface area contributed by atoms with E-state index >= 15 is 0 Å². The summed E-state index contributed by atoms with van der Waals surface area (Å²) < 4.78 is 30.9. The lowest BCUT2D eigenvalue weighted by Crippen LogP contribution is -2.40. The van der Waals surface area contributed by atoms with Crippen molar-refractivity contribution in [3.05, 3.63) is 14.7 Å². The van der Waals surface area contributed by atoms with Crippen molar-refractivity contribution in [3.63, 3.8) is 0 Å². The number of thiophene rings is 1. The van der Waals surface area contributed by atoms with Crippen LogP contribution >= 0.6 is 27.3 Å². The number of carbonyl (C=O) groups excluding carboxylic acids is 1. The summed E-state index contributed by atoms with van der Waals surface area (Å²) in [4.78, 5) is 22.6. The average Bonchev–Trinajstić information content (AvgIpc) is 3.04. The molecule has 1 aliphatic rings. The number of carbonyl (C=O) groups is 2. The first-order valence-corrected chi connectivity index (χ1v) is 8.96. The zero-order valence-corrected chi connectivity index (χ0v) is 14.1. The maximum atomic E-state index is 12.6. The molecule has 1 aromatic rings. The number of hydrogen-bond acceptors (Lipinski definition) is 6. The lowest BCUT2D eigenvalue weighted by Gasteiger charge is -2.20. The first kappa shape index (κ1) is 16.4. The zero-order valence-electron chi connectivity index (χ0n) is 10.9. The van der Waals surface area contributed by atoms with E-state index in [1.165, 1.54) is 13.2 Å². The summed E-state index contributed by atoms with van der Waals surface area (Å²) in [7, 11) is -2.78. The van der Waals surface area contributed by atoms with Gasteiger partial charge in [-0.15, -0.1) is 11.3 Å². The summed E-state index contributed by atoms with van der Waals surface area (Å²) in [6, 6.07) is 0.135. The molecule has 2 heterocycles. The minimum atomic E-state index is -3.98. The minimum Gasteiger partial charge on any atom is -0.480 e. The fourth-order valence-corrected chi connectivity index (χ4v) is 6.22. The second-order valence-electron chi connectivity index (χ2n) is 4.35. The molecule has 7 nitrogen and oxygen atoms in total. The molecule has 1 aliphatic heterocycles. The molecule has 0 spiro atoms. The molecule has 0 amide bonds. The summed E-state index contributed by atoms with van der Waals surface area (Å²) in [5, 5.41) is 9.11.